The second kappa shape index (κ2) is 11.5. The summed E-state index contributed by atoms with van der Waals surface area (Å²) in [5, 5.41) is 0. The number of aryl methyl sites for hydroxylation is 1. The van der Waals surface area contributed by atoms with Gasteiger partial charge in [0.2, 0.25) is 0 Å². The third kappa shape index (κ3) is 5.84. The topological polar surface area (TPSA) is 143 Å². The molecule has 2 aromatic carbocycles. The minimum Gasteiger partial charge on any atom is -0.461 e. The van der Waals surface area contributed by atoms with Gasteiger partial charge in [-0.3, -0.25) is 19.1 Å². The van der Waals surface area contributed by atoms with Gasteiger partial charge < -0.3 is 18.9 Å². The van der Waals surface area contributed by atoms with Crippen molar-refractivity contribution in [3.63, 3.8) is 0 Å². The molecule has 4 atom stereocenters. The monoisotopic (exact) mass is 508 g/mol. The van der Waals surface area contributed by atoms with Gasteiger partial charge in [0.25, 0.3) is 12.0 Å². The number of nitrogens with zero attached hydrogens (tertiary/aromatic N) is 1. The van der Waals surface area contributed by atoms with Crippen LogP contribution in [0.4, 0.5) is 0 Å². The van der Waals surface area contributed by atoms with Crippen LogP contribution in [-0.4, -0.2) is 53.4 Å². The number of esters is 2. The molecule has 0 bridgehead atoms. The first-order valence-corrected chi connectivity index (χ1v) is 11.4. The lowest BCUT2D eigenvalue weighted by Gasteiger charge is -2.23. The highest BCUT2D eigenvalue weighted by atomic mass is 16.6. The Morgan fingerprint density at radius 2 is 1.51 bits per heavy atom. The van der Waals surface area contributed by atoms with Crippen molar-refractivity contribution in [2.75, 3.05) is 13.2 Å². The fraction of sp³-hybridized carbons (Fsp3) is 0.269. The molecule has 0 unspecified atom stereocenters. The Morgan fingerprint density at radius 3 is 2.08 bits per heavy atom. The van der Waals surface area contributed by atoms with Crippen LogP contribution in [0.5, 0.6) is 0 Å². The molecular weight excluding hydrogens is 484 g/mol. The molecule has 0 spiro atoms. The number of nitrogens with one attached hydrogen (secondary N) is 1. The first-order valence-electron chi connectivity index (χ1n) is 11.4. The van der Waals surface area contributed by atoms with Gasteiger partial charge >= 0.3 is 17.6 Å². The summed E-state index contributed by atoms with van der Waals surface area (Å²) < 4.78 is 23.3. The highest BCUT2D eigenvalue weighted by molar-refractivity contribution is 5.89. The fourth-order valence-electron chi connectivity index (χ4n) is 4.05. The predicted molar refractivity (Wildman–Crippen MR) is 128 cm³/mol. The van der Waals surface area contributed by atoms with Gasteiger partial charge in [-0.1, -0.05) is 36.4 Å². The van der Waals surface area contributed by atoms with Gasteiger partial charge in [-0.25, -0.2) is 14.4 Å². The largest absolute Gasteiger partial charge is 0.461 e. The van der Waals surface area contributed by atoms with E-state index in [1.807, 2.05) is 0 Å². The van der Waals surface area contributed by atoms with E-state index in [-0.39, 0.29) is 25.2 Å². The molecule has 0 amide bonds. The molecule has 11 nitrogen and oxygen atoms in total. The minimum atomic E-state index is -1.11. The van der Waals surface area contributed by atoms with Crippen LogP contribution >= 0.6 is 0 Å². The van der Waals surface area contributed by atoms with Gasteiger partial charge in [0.1, 0.15) is 31.6 Å². The van der Waals surface area contributed by atoms with Crippen molar-refractivity contribution in [1.82, 2.24) is 9.55 Å². The highest BCUT2D eigenvalue weighted by Gasteiger charge is 2.49. The average Bonchev–Trinajstić information content (AvgIpc) is 3.25. The SMILES string of the molecule is Cc1cn([C@@H]2O[C@H](COC(=O)c3ccccc3)[C@@H](OC=O)[C@H]2COC(=O)c2ccccc2)c(=O)[nH]c1=O. The summed E-state index contributed by atoms with van der Waals surface area (Å²) in [4.78, 5) is 63.1. The van der Waals surface area contributed by atoms with Gasteiger partial charge in [0.05, 0.1) is 17.0 Å². The second-order valence-corrected chi connectivity index (χ2v) is 8.33. The quantitative estimate of drug-likeness (QED) is 0.259. The Labute approximate surface area is 210 Å². The number of rotatable bonds is 9. The highest BCUT2D eigenvalue weighted by Crippen LogP contribution is 2.36. The summed E-state index contributed by atoms with van der Waals surface area (Å²) >= 11 is 0. The molecule has 1 aliphatic heterocycles. The number of carbonyl (C=O) groups is 3. The molecule has 3 aromatic rings. The van der Waals surface area contributed by atoms with Crippen LogP contribution in [0.3, 0.4) is 0 Å². The molecule has 1 fully saturated rings. The minimum absolute atomic E-state index is 0.204. The van der Waals surface area contributed by atoms with Crippen molar-refractivity contribution in [2.24, 2.45) is 5.92 Å². The summed E-state index contributed by atoms with van der Waals surface area (Å²) in [5.74, 6) is -2.13. The molecule has 1 N–H and O–H groups in total. The summed E-state index contributed by atoms with van der Waals surface area (Å²) in [7, 11) is 0. The first-order chi connectivity index (χ1) is 17.9. The maximum Gasteiger partial charge on any atom is 0.338 e. The van der Waals surface area contributed by atoms with Gasteiger partial charge in [-0.15, -0.1) is 0 Å². The van der Waals surface area contributed by atoms with E-state index in [2.05, 4.69) is 4.98 Å². The summed E-state index contributed by atoms with van der Waals surface area (Å²) in [6.07, 6.45) is -1.86. The van der Waals surface area contributed by atoms with Crippen LogP contribution in [0.1, 0.15) is 32.5 Å². The van der Waals surface area contributed by atoms with E-state index in [9.17, 15) is 24.0 Å². The number of hydrogen-bond acceptors (Lipinski definition) is 9. The van der Waals surface area contributed by atoms with Gasteiger partial charge in [-0.2, -0.15) is 0 Å². The lowest BCUT2D eigenvalue weighted by Crippen LogP contribution is -2.39. The van der Waals surface area contributed by atoms with Gasteiger partial charge in [-0.05, 0) is 31.2 Å². The van der Waals surface area contributed by atoms with Crippen LogP contribution in [-0.2, 0) is 23.7 Å². The van der Waals surface area contributed by atoms with E-state index < -0.39 is 47.5 Å². The number of aromatic amines is 1. The van der Waals surface area contributed by atoms with Crippen LogP contribution in [0.25, 0.3) is 0 Å². The molecule has 1 aromatic heterocycles. The Balaban J connectivity index is 1.60. The van der Waals surface area contributed by atoms with Crippen LogP contribution in [0.2, 0.25) is 0 Å². The molecule has 1 saturated heterocycles. The second-order valence-electron chi connectivity index (χ2n) is 8.33. The number of ether oxygens (including phenoxy) is 4. The summed E-state index contributed by atoms with van der Waals surface area (Å²) in [5.41, 5.74) is -0.496. The van der Waals surface area contributed by atoms with Crippen molar-refractivity contribution >= 4 is 18.4 Å². The third-order valence-electron chi connectivity index (χ3n) is 5.91. The zero-order valence-electron chi connectivity index (χ0n) is 19.8. The van der Waals surface area contributed by atoms with Crippen molar-refractivity contribution in [3.05, 3.63) is 104 Å². The smallest absolute Gasteiger partial charge is 0.338 e. The van der Waals surface area contributed by atoms with E-state index in [1.165, 1.54) is 13.1 Å². The van der Waals surface area contributed by atoms with E-state index in [0.717, 1.165) is 4.57 Å². The number of H-pyrrole nitrogens is 1. The molecule has 37 heavy (non-hydrogen) atoms. The van der Waals surface area contributed by atoms with Crippen LogP contribution in [0, 0.1) is 12.8 Å². The third-order valence-corrected chi connectivity index (χ3v) is 5.91. The Kier molecular flexibility index (Phi) is 7.94. The van der Waals surface area contributed by atoms with E-state index >= 15 is 0 Å². The van der Waals surface area contributed by atoms with Crippen molar-refractivity contribution < 1.29 is 33.3 Å². The van der Waals surface area contributed by atoms with Crippen molar-refractivity contribution in [2.45, 2.75) is 25.4 Å². The summed E-state index contributed by atoms with van der Waals surface area (Å²) in [6, 6.07) is 16.5. The van der Waals surface area contributed by atoms with Crippen molar-refractivity contribution in [3.8, 4) is 0 Å². The maximum absolute atomic E-state index is 12.6. The lowest BCUT2D eigenvalue weighted by molar-refractivity contribution is -0.139. The zero-order chi connectivity index (χ0) is 26.4. The van der Waals surface area contributed by atoms with E-state index in [0.29, 0.717) is 11.1 Å². The van der Waals surface area contributed by atoms with Gasteiger partial charge in [0, 0.05) is 11.8 Å². The Morgan fingerprint density at radius 1 is 0.946 bits per heavy atom. The van der Waals surface area contributed by atoms with Crippen molar-refractivity contribution in [1.29, 1.82) is 0 Å². The summed E-state index contributed by atoms with van der Waals surface area (Å²) in [6.45, 7) is 1.09. The first kappa shape index (κ1) is 25.6. The molecule has 4 rings (SSSR count). The number of hydrogen-bond donors (Lipinski definition) is 1. The van der Waals surface area contributed by atoms with Crippen LogP contribution in [0.15, 0.2) is 76.4 Å². The molecule has 192 valence electrons. The number of carbonyl (C=O) groups excluding carboxylic acids is 3. The predicted octanol–water partition coefficient (Wildman–Crippen LogP) is 1.61. The molecule has 0 radical (unpaired) electrons. The molecule has 1 aliphatic rings. The molecule has 0 saturated carbocycles. The maximum atomic E-state index is 12.6. The Bertz CT molecular complexity index is 1370. The van der Waals surface area contributed by atoms with E-state index in [4.69, 9.17) is 18.9 Å². The molecular formula is C26H24N2O9. The van der Waals surface area contributed by atoms with E-state index in [1.54, 1.807) is 60.7 Å². The van der Waals surface area contributed by atoms with Gasteiger partial charge in [0.15, 0.2) is 0 Å². The molecule has 2 heterocycles. The molecule has 0 aliphatic carbocycles. The number of aromatic nitrogens is 2. The lowest BCUT2D eigenvalue weighted by atomic mass is 10.00. The number of benzene rings is 2. The fourth-order valence-corrected chi connectivity index (χ4v) is 4.05. The average molecular weight is 508 g/mol. The van der Waals surface area contributed by atoms with Crippen LogP contribution < -0.4 is 11.2 Å². The Hall–Kier alpha value is -4.51. The zero-order valence-corrected chi connectivity index (χ0v) is 19.8. The molecule has 11 heteroatoms. The standard InChI is InChI=1S/C26H24N2O9/c1-16-12-28(26(33)27-22(16)30)23-19(13-34-24(31)17-8-4-2-5-9-17)21(36-15-29)20(37-23)14-35-25(32)18-10-6-3-7-11-18/h2-12,15,19-21,23H,13-14H2,1H3,(H,27,30,33)/t19-,20-,21+,23-/m1/s1. The normalized spacial score (nSPS) is 20.7.